The predicted octanol–water partition coefficient (Wildman–Crippen LogP) is 5.52. The zero-order valence-corrected chi connectivity index (χ0v) is 14.7. The van der Waals surface area contributed by atoms with E-state index in [-0.39, 0.29) is 27.4 Å². The summed E-state index contributed by atoms with van der Waals surface area (Å²) < 4.78 is 5.28. The average Bonchev–Trinajstić information content (AvgIpc) is 2.87. The van der Waals surface area contributed by atoms with Crippen LogP contribution >= 0.6 is 34.8 Å². The number of fused-ring (bicyclic) bond motifs is 1. The molecule has 0 aliphatic carbocycles. The molecule has 9 heteroatoms. The first-order valence-corrected chi connectivity index (χ1v) is 8.10. The van der Waals surface area contributed by atoms with E-state index in [2.05, 4.69) is 15.2 Å². The molecule has 0 saturated heterocycles. The number of aromatic hydroxyl groups is 1. The van der Waals surface area contributed by atoms with E-state index in [9.17, 15) is 9.90 Å². The highest BCUT2D eigenvalue weighted by Gasteiger charge is 2.13. The Morgan fingerprint density at radius 2 is 1.84 bits per heavy atom. The lowest BCUT2D eigenvalue weighted by molar-refractivity contribution is -0.120. The van der Waals surface area contributed by atoms with Crippen molar-refractivity contribution in [1.82, 2.24) is 4.98 Å². The molecule has 0 unspecified atom stereocenters. The normalized spacial score (nSPS) is 11.3. The van der Waals surface area contributed by atoms with Gasteiger partial charge in [0.2, 0.25) is 5.88 Å². The third-order valence-electron chi connectivity index (χ3n) is 3.22. The number of aromatic nitrogens is 1. The standard InChI is InChI=1S/C16H10Cl3N3O3/c17-8-5-10(18)15(11(19)6-8)25-7-13(23)21-22-14-9-3-1-2-4-12(9)20-16(14)24/h1-6,20,24H,7H2. The maximum absolute atomic E-state index is 11.9. The number of aromatic amines is 1. The minimum absolute atomic E-state index is 0.131. The summed E-state index contributed by atoms with van der Waals surface area (Å²) in [6.07, 6.45) is 0. The van der Waals surface area contributed by atoms with Crippen LogP contribution in [0.1, 0.15) is 0 Å². The van der Waals surface area contributed by atoms with Gasteiger partial charge < -0.3 is 14.8 Å². The Balaban J connectivity index is 1.72. The van der Waals surface area contributed by atoms with E-state index >= 15 is 0 Å². The van der Waals surface area contributed by atoms with E-state index in [4.69, 9.17) is 39.5 Å². The molecule has 0 radical (unpaired) electrons. The van der Waals surface area contributed by atoms with Gasteiger partial charge in [-0.2, -0.15) is 0 Å². The molecule has 0 fully saturated rings. The summed E-state index contributed by atoms with van der Waals surface area (Å²) in [5.41, 5.74) is 0.851. The molecule has 3 aromatic rings. The highest BCUT2D eigenvalue weighted by Crippen LogP contribution is 2.36. The summed E-state index contributed by atoms with van der Waals surface area (Å²) in [4.78, 5) is 14.6. The molecule has 2 aromatic carbocycles. The molecule has 6 nitrogen and oxygen atoms in total. The number of benzene rings is 2. The van der Waals surface area contributed by atoms with Crippen LogP contribution in [0.25, 0.3) is 10.9 Å². The number of nitrogens with one attached hydrogen (secondary N) is 1. The fourth-order valence-electron chi connectivity index (χ4n) is 2.15. The second-order valence-corrected chi connectivity index (χ2v) is 6.20. The Labute approximate surface area is 157 Å². The molecule has 25 heavy (non-hydrogen) atoms. The van der Waals surface area contributed by atoms with Crippen molar-refractivity contribution in [1.29, 1.82) is 0 Å². The van der Waals surface area contributed by atoms with E-state index in [1.807, 2.05) is 0 Å². The predicted molar refractivity (Wildman–Crippen MR) is 96.5 cm³/mol. The molecule has 0 bridgehead atoms. The summed E-state index contributed by atoms with van der Waals surface area (Å²) >= 11 is 17.7. The largest absolute Gasteiger partial charge is 0.493 e. The molecule has 0 aliphatic rings. The number of azo groups is 1. The molecule has 1 heterocycles. The number of carbonyl (C=O) groups is 1. The number of ether oxygens (including phenoxy) is 1. The number of halogens is 3. The number of nitrogens with zero attached hydrogens (tertiary/aromatic N) is 2. The lowest BCUT2D eigenvalue weighted by atomic mass is 10.2. The van der Waals surface area contributed by atoms with Gasteiger partial charge in [-0.1, -0.05) is 53.0 Å². The number of hydrogen-bond donors (Lipinski definition) is 2. The van der Waals surface area contributed by atoms with Crippen LogP contribution in [0.15, 0.2) is 46.6 Å². The first-order chi connectivity index (χ1) is 12.0. The molecule has 0 spiro atoms. The Bertz CT molecular complexity index is 962. The van der Waals surface area contributed by atoms with Gasteiger partial charge in [0.15, 0.2) is 18.0 Å². The number of amides is 1. The molecule has 1 aromatic heterocycles. The zero-order valence-electron chi connectivity index (χ0n) is 12.5. The summed E-state index contributed by atoms with van der Waals surface area (Å²) in [7, 11) is 0. The van der Waals surface area contributed by atoms with Crippen molar-refractivity contribution in [2.75, 3.05) is 6.61 Å². The van der Waals surface area contributed by atoms with Crippen LogP contribution in [0.2, 0.25) is 15.1 Å². The number of carbonyl (C=O) groups excluding carboxylic acids is 1. The topological polar surface area (TPSA) is 87.0 Å². The molecule has 2 N–H and O–H groups in total. The molecule has 128 valence electrons. The summed E-state index contributed by atoms with van der Waals surface area (Å²) in [5.74, 6) is -0.722. The number of rotatable bonds is 4. The van der Waals surface area contributed by atoms with Crippen LogP contribution in [0.5, 0.6) is 11.6 Å². The SMILES string of the molecule is O=C(COc1c(Cl)cc(Cl)cc1Cl)N=Nc1c(O)[nH]c2ccccc12. The average molecular weight is 399 g/mol. The Morgan fingerprint density at radius 1 is 1.16 bits per heavy atom. The molecule has 0 aliphatic heterocycles. The Morgan fingerprint density at radius 3 is 2.56 bits per heavy atom. The van der Waals surface area contributed by atoms with Crippen molar-refractivity contribution in [3.63, 3.8) is 0 Å². The summed E-state index contributed by atoms with van der Waals surface area (Å²) in [6, 6.07) is 9.99. The Kier molecular flexibility index (Phi) is 5.13. The van der Waals surface area contributed by atoms with Crippen LogP contribution in [-0.2, 0) is 4.79 Å². The van der Waals surface area contributed by atoms with Crippen LogP contribution in [0.3, 0.4) is 0 Å². The molecular formula is C16H10Cl3N3O3. The number of hydrogen-bond acceptors (Lipinski definition) is 4. The number of H-pyrrole nitrogens is 1. The van der Waals surface area contributed by atoms with Gasteiger partial charge >= 0.3 is 5.91 Å². The molecule has 0 atom stereocenters. The molecule has 0 saturated carbocycles. The monoisotopic (exact) mass is 397 g/mol. The van der Waals surface area contributed by atoms with Crippen molar-refractivity contribution in [2.45, 2.75) is 0 Å². The van der Waals surface area contributed by atoms with E-state index in [1.165, 1.54) is 12.1 Å². The van der Waals surface area contributed by atoms with Gasteiger partial charge in [0, 0.05) is 10.4 Å². The van der Waals surface area contributed by atoms with Gasteiger partial charge in [-0.25, -0.2) is 0 Å². The van der Waals surface area contributed by atoms with E-state index in [1.54, 1.807) is 24.3 Å². The van der Waals surface area contributed by atoms with Crippen molar-refractivity contribution in [2.24, 2.45) is 10.2 Å². The summed E-state index contributed by atoms with van der Waals surface area (Å²) in [6.45, 7) is -0.423. The van der Waals surface area contributed by atoms with Crippen LogP contribution in [0.4, 0.5) is 5.69 Å². The minimum atomic E-state index is -0.674. The van der Waals surface area contributed by atoms with Gasteiger partial charge in [-0.3, -0.25) is 4.79 Å². The van der Waals surface area contributed by atoms with Crippen molar-refractivity contribution in [3.8, 4) is 11.6 Å². The van der Waals surface area contributed by atoms with Crippen molar-refractivity contribution < 1.29 is 14.6 Å². The Hall–Kier alpha value is -2.28. The zero-order chi connectivity index (χ0) is 18.0. The smallest absolute Gasteiger partial charge is 0.302 e. The first kappa shape index (κ1) is 17.5. The van der Waals surface area contributed by atoms with E-state index in [0.29, 0.717) is 15.9 Å². The van der Waals surface area contributed by atoms with Crippen molar-refractivity contribution >= 4 is 57.3 Å². The highest BCUT2D eigenvalue weighted by atomic mass is 35.5. The highest BCUT2D eigenvalue weighted by molar-refractivity contribution is 6.40. The van der Waals surface area contributed by atoms with Gasteiger partial charge in [-0.15, -0.1) is 10.2 Å². The summed E-state index contributed by atoms with van der Waals surface area (Å²) in [5, 5.41) is 18.5. The van der Waals surface area contributed by atoms with Gasteiger partial charge in [-0.05, 0) is 18.2 Å². The molecule has 3 rings (SSSR count). The number of para-hydroxylation sites is 1. The minimum Gasteiger partial charge on any atom is -0.493 e. The molecule has 1 amide bonds. The van der Waals surface area contributed by atoms with E-state index < -0.39 is 12.5 Å². The van der Waals surface area contributed by atoms with Crippen LogP contribution in [0, 0.1) is 0 Å². The van der Waals surface area contributed by atoms with Gasteiger partial charge in [0.05, 0.1) is 15.6 Å². The third-order valence-corrected chi connectivity index (χ3v) is 4.00. The lowest BCUT2D eigenvalue weighted by Gasteiger charge is -2.08. The molecular weight excluding hydrogens is 389 g/mol. The second-order valence-electron chi connectivity index (χ2n) is 4.95. The lowest BCUT2D eigenvalue weighted by Crippen LogP contribution is -2.08. The maximum Gasteiger partial charge on any atom is 0.302 e. The fourth-order valence-corrected chi connectivity index (χ4v) is 3.08. The second kappa shape index (κ2) is 7.31. The van der Waals surface area contributed by atoms with Crippen LogP contribution in [-0.4, -0.2) is 22.6 Å². The van der Waals surface area contributed by atoms with Gasteiger partial charge in [0.25, 0.3) is 0 Å². The fraction of sp³-hybridized carbons (Fsp3) is 0.0625. The van der Waals surface area contributed by atoms with Crippen molar-refractivity contribution in [3.05, 3.63) is 51.5 Å². The quantitative estimate of drug-likeness (QED) is 0.567. The van der Waals surface area contributed by atoms with Gasteiger partial charge in [0.1, 0.15) is 0 Å². The maximum atomic E-state index is 11.9. The van der Waals surface area contributed by atoms with Crippen LogP contribution < -0.4 is 4.74 Å². The third kappa shape index (κ3) is 3.87. The van der Waals surface area contributed by atoms with E-state index in [0.717, 1.165) is 0 Å². The first-order valence-electron chi connectivity index (χ1n) is 6.97.